The summed E-state index contributed by atoms with van der Waals surface area (Å²) in [5.74, 6) is -0.388. The van der Waals surface area contributed by atoms with Gasteiger partial charge in [0, 0.05) is 6.42 Å². The van der Waals surface area contributed by atoms with E-state index in [0.29, 0.717) is 17.4 Å². The molecule has 0 aliphatic carbocycles. The normalized spacial score (nSPS) is 14.6. The third-order valence-electron chi connectivity index (χ3n) is 5.92. The van der Waals surface area contributed by atoms with Crippen molar-refractivity contribution in [1.82, 2.24) is 0 Å². The summed E-state index contributed by atoms with van der Waals surface area (Å²) in [4.78, 5) is 21.7. The highest BCUT2D eigenvalue weighted by molar-refractivity contribution is 7.47. The van der Waals surface area contributed by atoms with Gasteiger partial charge in [0.2, 0.25) is 0 Å². The molecule has 1 unspecified atom stereocenters. The SMILES string of the molecule is CCCCCCCCCCCCCCCCCC(=O)OC[C@H](CO)OP(=O)(O)OCC[N+](C)(C)C. The van der Waals surface area contributed by atoms with Crippen LogP contribution < -0.4 is 0 Å². The molecule has 0 aromatic rings. The quantitative estimate of drug-likeness (QED) is 0.0654. The fourth-order valence-electron chi connectivity index (χ4n) is 3.66. The minimum absolute atomic E-state index is 0.0361. The molecule has 2 N–H and O–H groups in total. The van der Waals surface area contributed by atoms with Crippen LogP contribution in [-0.4, -0.2) is 74.1 Å². The monoisotopic (exact) mass is 524 g/mol. The Hall–Kier alpha value is -0.500. The number of hydrogen-bond donors (Lipinski definition) is 2. The standard InChI is InChI=1S/C26H54NO7P/c1-5-6-7-8-9-10-11-12-13-14-15-16-17-18-19-20-26(29)32-24-25(23-28)34-35(30,31)33-22-21-27(2,3)4/h25,28H,5-24H2,1-4H3/p+1/t25-/m0/s1. The average Bonchev–Trinajstić information content (AvgIpc) is 2.78. The number of aliphatic hydroxyl groups excluding tert-OH is 1. The van der Waals surface area contributed by atoms with Gasteiger partial charge >= 0.3 is 13.8 Å². The molecule has 0 aromatic carbocycles. The van der Waals surface area contributed by atoms with Gasteiger partial charge in [0.1, 0.15) is 25.9 Å². The lowest BCUT2D eigenvalue weighted by molar-refractivity contribution is -0.870. The van der Waals surface area contributed by atoms with Crippen LogP contribution in [0.5, 0.6) is 0 Å². The zero-order chi connectivity index (χ0) is 26.4. The Labute approximate surface area is 214 Å². The van der Waals surface area contributed by atoms with Crippen molar-refractivity contribution >= 4 is 13.8 Å². The molecule has 0 heterocycles. The lowest BCUT2D eigenvalue weighted by Crippen LogP contribution is -2.37. The van der Waals surface area contributed by atoms with Crippen molar-refractivity contribution in [3.63, 3.8) is 0 Å². The van der Waals surface area contributed by atoms with Crippen LogP contribution in [0.1, 0.15) is 110 Å². The molecular weight excluding hydrogens is 469 g/mol. The molecule has 2 atom stereocenters. The molecule has 0 saturated carbocycles. The highest BCUT2D eigenvalue weighted by Gasteiger charge is 2.28. The number of rotatable bonds is 25. The van der Waals surface area contributed by atoms with Crippen molar-refractivity contribution in [2.24, 2.45) is 0 Å². The first-order valence-corrected chi connectivity index (χ1v) is 15.3. The molecule has 0 aliphatic rings. The van der Waals surface area contributed by atoms with Gasteiger partial charge < -0.3 is 19.2 Å². The second-order valence-corrected chi connectivity index (χ2v) is 12.0. The molecule has 9 heteroatoms. The van der Waals surface area contributed by atoms with Crippen molar-refractivity contribution < 1.29 is 37.6 Å². The second kappa shape index (κ2) is 21.6. The average molecular weight is 525 g/mol. The molecule has 0 rings (SSSR count). The molecule has 210 valence electrons. The molecular formula is C26H55NO7P+. The van der Waals surface area contributed by atoms with E-state index in [1.165, 1.54) is 77.0 Å². The fraction of sp³-hybridized carbons (Fsp3) is 0.962. The van der Waals surface area contributed by atoms with Gasteiger partial charge in [-0.05, 0) is 6.42 Å². The maximum Gasteiger partial charge on any atom is 0.472 e. The Kier molecular flexibility index (Phi) is 21.3. The topological polar surface area (TPSA) is 102 Å². The second-order valence-electron chi connectivity index (χ2n) is 10.6. The number of ether oxygens (including phenoxy) is 1. The number of likely N-dealkylation sites (N-methyl/N-ethyl adjacent to an activating group) is 1. The van der Waals surface area contributed by atoms with Crippen LogP contribution in [0.15, 0.2) is 0 Å². The number of unbranched alkanes of at least 4 members (excludes halogenated alkanes) is 14. The van der Waals surface area contributed by atoms with E-state index in [4.69, 9.17) is 13.8 Å². The van der Waals surface area contributed by atoms with Crippen LogP contribution in [0.4, 0.5) is 0 Å². The Morgan fingerprint density at radius 3 is 1.71 bits per heavy atom. The summed E-state index contributed by atoms with van der Waals surface area (Å²) < 4.78 is 27.5. The number of esters is 1. The molecule has 0 fully saturated rings. The van der Waals surface area contributed by atoms with E-state index < -0.39 is 20.5 Å². The molecule has 0 amide bonds. The van der Waals surface area contributed by atoms with Crippen molar-refractivity contribution in [1.29, 1.82) is 0 Å². The zero-order valence-corrected chi connectivity index (χ0v) is 23.9. The van der Waals surface area contributed by atoms with Crippen molar-refractivity contribution in [3.8, 4) is 0 Å². The van der Waals surface area contributed by atoms with E-state index in [9.17, 15) is 19.4 Å². The van der Waals surface area contributed by atoms with Crippen LogP contribution in [0.3, 0.4) is 0 Å². The first kappa shape index (κ1) is 34.5. The van der Waals surface area contributed by atoms with Crippen molar-refractivity contribution in [2.45, 2.75) is 116 Å². The highest BCUT2D eigenvalue weighted by atomic mass is 31.2. The first-order valence-electron chi connectivity index (χ1n) is 13.8. The molecule has 0 saturated heterocycles. The van der Waals surface area contributed by atoms with Crippen LogP contribution in [-0.2, 0) is 23.1 Å². The van der Waals surface area contributed by atoms with Crippen LogP contribution in [0.2, 0.25) is 0 Å². The number of carbonyl (C=O) groups is 1. The zero-order valence-electron chi connectivity index (χ0n) is 23.0. The summed E-state index contributed by atoms with van der Waals surface area (Å²) in [6.45, 7) is 1.99. The van der Waals surface area contributed by atoms with E-state index >= 15 is 0 Å². The molecule has 0 spiro atoms. The van der Waals surface area contributed by atoms with E-state index in [2.05, 4.69) is 6.92 Å². The Balaban J connectivity index is 3.66. The molecule has 0 radical (unpaired) electrons. The van der Waals surface area contributed by atoms with Crippen molar-refractivity contribution in [2.75, 3.05) is 47.5 Å². The predicted molar refractivity (Wildman–Crippen MR) is 141 cm³/mol. The number of quaternary nitrogens is 1. The summed E-state index contributed by atoms with van der Waals surface area (Å²) in [7, 11) is 1.47. The lowest BCUT2D eigenvalue weighted by Gasteiger charge is -2.24. The molecule has 0 bridgehead atoms. The first-order chi connectivity index (χ1) is 16.6. The maximum atomic E-state index is 12.0. The summed E-state index contributed by atoms with van der Waals surface area (Å²) in [5, 5.41) is 9.37. The minimum Gasteiger partial charge on any atom is -0.463 e. The van der Waals surface area contributed by atoms with Gasteiger partial charge in [-0.15, -0.1) is 0 Å². The number of nitrogens with zero attached hydrogens (tertiary/aromatic N) is 1. The summed E-state index contributed by atoms with van der Waals surface area (Å²) >= 11 is 0. The van der Waals surface area contributed by atoms with Crippen LogP contribution in [0, 0.1) is 0 Å². The number of aliphatic hydroxyl groups is 1. The highest BCUT2D eigenvalue weighted by Crippen LogP contribution is 2.44. The maximum absolute atomic E-state index is 12.0. The third kappa shape index (κ3) is 25.0. The molecule has 0 aromatic heterocycles. The van der Waals surface area contributed by atoms with Gasteiger partial charge in [0.25, 0.3) is 0 Å². The predicted octanol–water partition coefficient (Wildman–Crippen LogP) is 5.99. The van der Waals surface area contributed by atoms with E-state index in [1.54, 1.807) is 0 Å². The van der Waals surface area contributed by atoms with Gasteiger partial charge in [-0.25, -0.2) is 4.57 Å². The molecule has 8 nitrogen and oxygen atoms in total. The minimum atomic E-state index is -4.33. The van der Waals surface area contributed by atoms with Gasteiger partial charge in [-0.2, -0.15) is 0 Å². The number of phosphoric ester groups is 1. The van der Waals surface area contributed by atoms with Gasteiger partial charge in [0.15, 0.2) is 0 Å². The summed E-state index contributed by atoms with van der Waals surface area (Å²) in [6.07, 6.45) is 18.1. The Morgan fingerprint density at radius 2 is 1.29 bits per heavy atom. The fourth-order valence-corrected chi connectivity index (χ4v) is 4.54. The van der Waals surface area contributed by atoms with Crippen LogP contribution in [0.25, 0.3) is 0 Å². The Morgan fingerprint density at radius 1 is 0.829 bits per heavy atom. The number of hydrogen-bond acceptors (Lipinski definition) is 6. The smallest absolute Gasteiger partial charge is 0.463 e. The Bertz CT molecular complexity index is 554. The number of carbonyl (C=O) groups excluding carboxylic acids is 1. The molecule has 0 aliphatic heterocycles. The van der Waals surface area contributed by atoms with E-state index in [1.807, 2.05) is 21.1 Å². The third-order valence-corrected chi connectivity index (χ3v) is 6.99. The van der Waals surface area contributed by atoms with Gasteiger partial charge in [0.05, 0.1) is 27.7 Å². The molecule has 35 heavy (non-hydrogen) atoms. The summed E-state index contributed by atoms with van der Waals surface area (Å²) in [6, 6.07) is 0. The van der Waals surface area contributed by atoms with Crippen molar-refractivity contribution in [3.05, 3.63) is 0 Å². The van der Waals surface area contributed by atoms with E-state index in [0.717, 1.165) is 19.3 Å². The lowest BCUT2D eigenvalue weighted by atomic mass is 10.0. The van der Waals surface area contributed by atoms with Gasteiger partial charge in [-0.1, -0.05) is 96.8 Å². The van der Waals surface area contributed by atoms with Gasteiger partial charge in [-0.3, -0.25) is 13.8 Å². The summed E-state index contributed by atoms with van der Waals surface area (Å²) in [5.41, 5.74) is 0. The number of phosphoric acid groups is 1. The van der Waals surface area contributed by atoms with E-state index in [-0.39, 0.29) is 19.2 Å². The van der Waals surface area contributed by atoms with Crippen LogP contribution >= 0.6 is 7.82 Å². The largest absolute Gasteiger partial charge is 0.472 e.